The number of carbonyl (C=O) groups excluding carboxylic acids is 1. The summed E-state index contributed by atoms with van der Waals surface area (Å²) in [5.41, 5.74) is 2.95. The predicted molar refractivity (Wildman–Crippen MR) is 121 cm³/mol. The third-order valence-corrected chi connectivity index (χ3v) is 5.03. The normalized spacial score (nSPS) is 12.6. The van der Waals surface area contributed by atoms with Gasteiger partial charge in [0.15, 0.2) is 0 Å². The van der Waals surface area contributed by atoms with Crippen molar-refractivity contribution in [3.63, 3.8) is 0 Å². The van der Waals surface area contributed by atoms with Crippen molar-refractivity contribution in [1.29, 1.82) is 0 Å². The van der Waals surface area contributed by atoms with Crippen LogP contribution in [0.4, 0.5) is 16.2 Å². The largest absolute Gasteiger partial charge is 0.346 e. The van der Waals surface area contributed by atoms with Crippen molar-refractivity contribution < 1.29 is 7.54 Å². The predicted octanol–water partition coefficient (Wildman–Crippen LogP) is 5.86. The quantitative estimate of drug-likeness (QED) is 0.342. The van der Waals surface area contributed by atoms with E-state index in [4.69, 9.17) is 14.3 Å². The zero-order chi connectivity index (χ0) is 22.3. The van der Waals surface area contributed by atoms with Gasteiger partial charge in [-0.25, -0.2) is 9.78 Å². The van der Waals surface area contributed by atoms with Gasteiger partial charge in [-0.2, -0.15) is 0 Å². The summed E-state index contributed by atoms with van der Waals surface area (Å²) in [5, 5.41) is 7.63. The lowest BCUT2D eigenvalue weighted by Crippen LogP contribution is -2.19. The van der Waals surface area contributed by atoms with Gasteiger partial charge in [0.1, 0.15) is 5.65 Å². The van der Waals surface area contributed by atoms with E-state index < -0.39 is 12.5 Å². The van der Waals surface area contributed by atoms with Crippen LogP contribution in [0.15, 0.2) is 79.3 Å². The minimum Gasteiger partial charge on any atom is -0.346 e. The number of rotatable bonds is 4. The Morgan fingerprint density at radius 1 is 1.07 bits per heavy atom. The molecule has 0 aliphatic rings. The number of carbonyl (C=O) groups is 1. The van der Waals surface area contributed by atoms with Crippen LogP contribution in [-0.2, 0) is 6.50 Å². The molecule has 2 amide bonds. The number of anilines is 2. The summed E-state index contributed by atoms with van der Waals surface area (Å²) in [6.45, 7) is -1.84. The van der Waals surface area contributed by atoms with Crippen molar-refractivity contribution in [1.82, 2.24) is 14.5 Å². The maximum atomic E-state index is 12.5. The van der Waals surface area contributed by atoms with Gasteiger partial charge in [-0.1, -0.05) is 17.7 Å². The molecule has 7 heteroatoms. The molecular weight excluding hydrogens is 398 g/mol. The number of nitrogens with zero attached hydrogens (tertiary/aromatic N) is 2. The molecule has 0 saturated heterocycles. The van der Waals surface area contributed by atoms with Crippen LogP contribution in [-0.4, -0.2) is 20.6 Å². The molecule has 5 rings (SSSR count). The van der Waals surface area contributed by atoms with Crippen molar-refractivity contribution in [2.45, 2.75) is 6.50 Å². The Hall–Kier alpha value is -3.77. The van der Waals surface area contributed by atoms with E-state index in [1.54, 1.807) is 71.7 Å². The molecule has 0 saturated carbocycles. The zero-order valence-corrected chi connectivity index (χ0v) is 16.4. The lowest BCUT2D eigenvalue weighted by Gasteiger charge is -2.10. The molecule has 0 bridgehead atoms. The van der Waals surface area contributed by atoms with E-state index in [0.717, 1.165) is 10.8 Å². The maximum absolute atomic E-state index is 12.5. The Morgan fingerprint density at radius 2 is 1.93 bits per heavy atom. The molecule has 5 aromatic rings. The summed E-state index contributed by atoms with van der Waals surface area (Å²) in [4.78, 5) is 19.8. The number of urea groups is 1. The highest BCUT2D eigenvalue weighted by Gasteiger charge is 2.11. The van der Waals surface area contributed by atoms with E-state index in [1.165, 1.54) is 0 Å². The summed E-state index contributed by atoms with van der Waals surface area (Å²) in [5.74, 6) is 0. The minimum absolute atomic E-state index is 0.404. The van der Waals surface area contributed by atoms with Crippen LogP contribution in [0.3, 0.4) is 0 Å². The van der Waals surface area contributed by atoms with Crippen LogP contribution in [0.2, 0.25) is 5.02 Å². The number of fused-ring (bicyclic) bond motifs is 2. The molecule has 30 heavy (non-hydrogen) atoms. The average Bonchev–Trinajstić information content (AvgIpc) is 3.41. The number of halogens is 1. The van der Waals surface area contributed by atoms with Crippen molar-refractivity contribution in [3.05, 3.63) is 89.8 Å². The topological polar surface area (TPSA) is 74.7 Å². The van der Waals surface area contributed by atoms with Crippen molar-refractivity contribution in [3.8, 4) is 0 Å². The second-order valence-corrected chi connectivity index (χ2v) is 7.16. The lowest BCUT2D eigenvalue weighted by atomic mass is 10.2. The Labute approximate surface area is 180 Å². The zero-order valence-electron chi connectivity index (χ0n) is 17.7. The second kappa shape index (κ2) is 7.57. The Balaban J connectivity index is 1.47. The molecule has 0 unspecified atom stereocenters. The Kier molecular flexibility index (Phi) is 4.06. The van der Waals surface area contributed by atoms with Crippen LogP contribution in [0.25, 0.3) is 21.9 Å². The highest BCUT2D eigenvalue weighted by molar-refractivity contribution is 6.30. The van der Waals surface area contributed by atoms with E-state index in [-0.39, 0.29) is 0 Å². The highest BCUT2D eigenvalue weighted by atomic mass is 35.5. The summed E-state index contributed by atoms with van der Waals surface area (Å²) in [7, 11) is 0. The van der Waals surface area contributed by atoms with E-state index in [0.29, 0.717) is 33.1 Å². The average molecular weight is 418 g/mol. The molecular formula is C23H18ClN5O. The Morgan fingerprint density at radius 3 is 2.80 bits per heavy atom. The summed E-state index contributed by atoms with van der Waals surface area (Å²) < 4.78 is 19.3. The lowest BCUT2D eigenvalue weighted by molar-refractivity contribution is 0.262. The van der Waals surface area contributed by atoms with E-state index in [2.05, 4.69) is 20.6 Å². The van der Waals surface area contributed by atoms with Crippen LogP contribution in [0.1, 0.15) is 8.30 Å². The van der Waals surface area contributed by atoms with Crippen LogP contribution in [0.5, 0.6) is 0 Å². The number of aromatic nitrogens is 3. The van der Waals surface area contributed by atoms with Crippen molar-refractivity contribution in [2.24, 2.45) is 0 Å². The molecule has 3 aromatic heterocycles. The van der Waals surface area contributed by atoms with Crippen molar-refractivity contribution in [2.75, 3.05) is 10.6 Å². The SMILES string of the molecule is [2H]C([2H])(c1c[nH]c2ncccc12)n1ccc2c(NC(=O)Nc3ccc(Cl)cc3)cccc21. The third-order valence-electron chi connectivity index (χ3n) is 4.78. The van der Waals surface area contributed by atoms with Crippen molar-refractivity contribution >= 4 is 50.9 Å². The van der Waals surface area contributed by atoms with Gasteiger partial charge < -0.3 is 20.2 Å². The number of nitrogens with one attached hydrogen (secondary N) is 3. The van der Waals surface area contributed by atoms with Crippen LogP contribution >= 0.6 is 11.6 Å². The van der Waals surface area contributed by atoms with Gasteiger partial charge in [0.05, 0.1) is 13.9 Å². The molecule has 3 N–H and O–H groups in total. The first kappa shape index (κ1) is 16.1. The Bertz CT molecular complexity index is 1440. The molecule has 0 spiro atoms. The van der Waals surface area contributed by atoms with Gasteiger partial charge in [-0.15, -0.1) is 0 Å². The first-order chi connectivity index (χ1) is 15.4. The van der Waals surface area contributed by atoms with E-state index >= 15 is 0 Å². The number of aromatic amines is 1. The first-order valence-corrected chi connectivity index (χ1v) is 9.68. The van der Waals surface area contributed by atoms with Gasteiger partial charge in [-0.05, 0) is 60.2 Å². The molecule has 148 valence electrons. The molecule has 0 fully saturated rings. The van der Waals surface area contributed by atoms with Crippen LogP contribution < -0.4 is 10.6 Å². The summed E-state index contributed by atoms with van der Waals surface area (Å²) in [6, 6.07) is 17.2. The number of amides is 2. The fourth-order valence-corrected chi connectivity index (χ4v) is 3.50. The third kappa shape index (κ3) is 3.49. The molecule has 0 aliphatic carbocycles. The molecule has 2 aromatic carbocycles. The summed E-state index contributed by atoms with van der Waals surface area (Å²) in [6.07, 6.45) is 4.99. The fourth-order valence-electron chi connectivity index (χ4n) is 3.37. The van der Waals surface area contributed by atoms with E-state index in [1.807, 2.05) is 12.1 Å². The highest BCUT2D eigenvalue weighted by Crippen LogP contribution is 2.27. The van der Waals surface area contributed by atoms with E-state index in [9.17, 15) is 4.79 Å². The molecule has 0 radical (unpaired) electrons. The second-order valence-electron chi connectivity index (χ2n) is 6.72. The number of hydrogen-bond donors (Lipinski definition) is 3. The molecule has 3 heterocycles. The fraction of sp³-hybridized carbons (Fsp3) is 0.0435. The number of hydrogen-bond acceptors (Lipinski definition) is 2. The smallest absolute Gasteiger partial charge is 0.323 e. The van der Waals surface area contributed by atoms with Gasteiger partial charge in [-0.3, -0.25) is 0 Å². The van der Waals surface area contributed by atoms with Gasteiger partial charge in [0.2, 0.25) is 0 Å². The number of pyridine rings is 1. The molecule has 0 aliphatic heterocycles. The maximum Gasteiger partial charge on any atom is 0.323 e. The van der Waals surface area contributed by atoms with Crippen LogP contribution in [0, 0.1) is 0 Å². The van der Waals surface area contributed by atoms with Gasteiger partial charge in [0.25, 0.3) is 0 Å². The van der Waals surface area contributed by atoms with Gasteiger partial charge in [0, 0.05) is 46.6 Å². The molecule has 0 atom stereocenters. The van der Waals surface area contributed by atoms with Gasteiger partial charge >= 0.3 is 6.03 Å². The summed E-state index contributed by atoms with van der Waals surface area (Å²) >= 11 is 5.88. The standard InChI is InChI=1S/C23H18ClN5O/c24-16-6-8-17(9-7-16)27-23(30)28-20-4-1-5-21-19(20)10-12-29(21)14-15-13-26-22-18(15)3-2-11-25-22/h1-13H,14H2,(H,25,26)(H2,27,28,30)/i14D2. The monoisotopic (exact) mass is 417 g/mol. The molecule has 6 nitrogen and oxygen atoms in total. The minimum atomic E-state index is -1.84. The number of H-pyrrole nitrogens is 1. The number of benzene rings is 2. The first-order valence-electron chi connectivity index (χ1n) is 10.3.